The minimum absolute atomic E-state index is 0.0762. The molecule has 1 unspecified atom stereocenters. The van der Waals surface area contributed by atoms with Crippen molar-refractivity contribution in [2.45, 2.75) is 361 Å². The molecule has 0 radical (unpaired) electrons. The van der Waals surface area contributed by atoms with Gasteiger partial charge in [-0.25, -0.2) is 0 Å². The Morgan fingerprint density at radius 3 is 0.773 bits per heavy atom. The van der Waals surface area contributed by atoms with Crippen LogP contribution < -0.4 is 0 Å². The Hall–Kier alpha value is -2.63. The van der Waals surface area contributed by atoms with Crippen LogP contribution >= 0.6 is 0 Å². The van der Waals surface area contributed by atoms with Crippen LogP contribution in [0.5, 0.6) is 0 Å². The smallest absolute Gasteiger partial charge is 0.306 e. The summed E-state index contributed by atoms with van der Waals surface area (Å²) in [5, 5.41) is 0. The molecule has 0 saturated carbocycles. The Morgan fingerprint density at radius 1 is 0.267 bits per heavy atom. The maximum absolute atomic E-state index is 12.9. The summed E-state index contributed by atoms with van der Waals surface area (Å²) in [4.78, 5) is 38.3. The number of carbonyl (C=O) groups is 3. The van der Waals surface area contributed by atoms with Crippen LogP contribution in [0, 0.1) is 0 Å². The lowest BCUT2D eigenvalue weighted by atomic mass is 10.0. The van der Waals surface area contributed by atoms with Crippen LogP contribution in [0.15, 0.2) is 48.6 Å². The third-order valence-electron chi connectivity index (χ3n) is 14.8. The highest BCUT2D eigenvalue weighted by atomic mass is 16.6. The summed E-state index contributed by atoms with van der Waals surface area (Å²) in [6.45, 7) is 6.66. The van der Waals surface area contributed by atoms with Crippen LogP contribution in [0.4, 0.5) is 0 Å². The van der Waals surface area contributed by atoms with Crippen molar-refractivity contribution < 1.29 is 28.6 Å². The van der Waals surface area contributed by atoms with Crippen LogP contribution in [0.3, 0.4) is 0 Å². The Bertz CT molecular complexity index is 1300. The highest BCUT2D eigenvalue weighted by Crippen LogP contribution is 2.17. The summed E-state index contributed by atoms with van der Waals surface area (Å²) in [6.07, 6.45) is 79.8. The molecule has 0 heterocycles. The highest BCUT2D eigenvalue weighted by Gasteiger charge is 2.19. The molecule has 0 spiro atoms. The van der Waals surface area contributed by atoms with Gasteiger partial charge in [0, 0.05) is 19.3 Å². The highest BCUT2D eigenvalue weighted by molar-refractivity contribution is 5.71. The average Bonchev–Trinajstić information content (AvgIpc) is 3.41. The van der Waals surface area contributed by atoms with Gasteiger partial charge in [0.1, 0.15) is 13.2 Å². The first-order valence-corrected chi connectivity index (χ1v) is 33.1. The van der Waals surface area contributed by atoms with Crippen molar-refractivity contribution in [3.8, 4) is 0 Å². The molecule has 0 bridgehead atoms. The number of carbonyl (C=O) groups excluding carboxylic acids is 3. The van der Waals surface area contributed by atoms with Crippen LogP contribution in [0.2, 0.25) is 0 Å². The molecule has 75 heavy (non-hydrogen) atoms. The van der Waals surface area contributed by atoms with E-state index in [1.165, 1.54) is 231 Å². The Balaban J connectivity index is 4.30. The number of unbranched alkanes of at least 4 members (excludes halogenated alkanes) is 42. The van der Waals surface area contributed by atoms with Gasteiger partial charge < -0.3 is 14.2 Å². The molecule has 6 nitrogen and oxygen atoms in total. The fourth-order valence-corrected chi connectivity index (χ4v) is 9.80. The summed E-state index contributed by atoms with van der Waals surface area (Å²) >= 11 is 0. The first-order chi connectivity index (χ1) is 37.0. The summed E-state index contributed by atoms with van der Waals surface area (Å²) in [6, 6.07) is 0. The van der Waals surface area contributed by atoms with E-state index in [1.54, 1.807) is 0 Å². The average molecular weight is 1050 g/mol. The van der Waals surface area contributed by atoms with Crippen molar-refractivity contribution >= 4 is 17.9 Å². The van der Waals surface area contributed by atoms with Crippen molar-refractivity contribution in [3.05, 3.63) is 48.6 Å². The summed E-state index contributed by atoms with van der Waals surface area (Å²) in [5.41, 5.74) is 0. The Kier molecular flexibility index (Phi) is 61.7. The SMILES string of the molecule is CCCCCC/C=C\CCCCCCCC(=O)OCC(COC(=O)CCCCCCCCCC/C=C\C/C=C\C/C=C\CCCCCCC)OC(=O)CCCCCCCCCCCCCCCCCCCCCCC. The molecule has 0 aromatic carbocycles. The second-order valence-corrected chi connectivity index (χ2v) is 22.4. The topological polar surface area (TPSA) is 78.9 Å². The maximum atomic E-state index is 12.9. The fourth-order valence-electron chi connectivity index (χ4n) is 9.80. The van der Waals surface area contributed by atoms with Gasteiger partial charge in [0.15, 0.2) is 6.10 Å². The minimum Gasteiger partial charge on any atom is -0.462 e. The monoisotopic (exact) mass is 1050 g/mol. The minimum atomic E-state index is -0.778. The lowest BCUT2D eigenvalue weighted by Crippen LogP contribution is -2.30. The predicted octanol–water partition coefficient (Wildman–Crippen LogP) is 22.6. The van der Waals surface area contributed by atoms with Gasteiger partial charge in [-0.1, -0.05) is 301 Å². The number of allylic oxidation sites excluding steroid dienone is 8. The van der Waals surface area contributed by atoms with Crippen LogP contribution in [-0.4, -0.2) is 37.2 Å². The number of hydrogen-bond donors (Lipinski definition) is 0. The van der Waals surface area contributed by atoms with Gasteiger partial charge in [-0.2, -0.15) is 0 Å². The van der Waals surface area contributed by atoms with Crippen LogP contribution in [0.25, 0.3) is 0 Å². The summed E-state index contributed by atoms with van der Waals surface area (Å²) in [7, 11) is 0. The van der Waals surface area contributed by atoms with Gasteiger partial charge in [-0.05, 0) is 83.5 Å². The third-order valence-corrected chi connectivity index (χ3v) is 14.8. The lowest BCUT2D eigenvalue weighted by Gasteiger charge is -2.18. The Morgan fingerprint density at radius 2 is 0.480 bits per heavy atom. The molecule has 0 aromatic rings. The van der Waals surface area contributed by atoms with E-state index >= 15 is 0 Å². The van der Waals surface area contributed by atoms with Crippen LogP contribution in [0.1, 0.15) is 355 Å². The zero-order valence-corrected chi connectivity index (χ0v) is 50.3. The quantitative estimate of drug-likeness (QED) is 0.0261. The summed E-state index contributed by atoms with van der Waals surface area (Å²) in [5.74, 6) is -0.869. The largest absolute Gasteiger partial charge is 0.462 e. The summed E-state index contributed by atoms with van der Waals surface area (Å²) < 4.78 is 16.9. The molecule has 0 N–H and O–H groups in total. The number of esters is 3. The molecule has 0 amide bonds. The van der Waals surface area contributed by atoms with Crippen molar-refractivity contribution in [1.82, 2.24) is 0 Å². The van der Waals surface area contributed by atoms with E-state index in [1.807, 2.05) is 0 Å². The zero-order chi connectivity index (χ0) is 54.3. The van der Waals surface area contributed by atoms with Crippen molar-refractivity contribution in [3.63, 3.8) is 0 Å². The number of ether oxygens (including phenoxy) is 3. The molecule has 0 aliphatic heterocycles. The second kappa shape index (κ2) is 63.9. The Labute approximate surface area is 467 Å². The number of hydrogen-bond acceptors (Lipinski definition) is 6. The molecule has 0 aliphatic carbocycles. The van der Waals surface area contributed by atoms with E-state index < -0.39 is 6.10 Å². The van der Waals surface area contributed by atoms with E-state index in [0.29, 0.717) is 19.3 Å². The van der Waals surface area contributed by atoms with Crippen molar-refractivity contribution in [2.75, 3.05) is 13.2 Å². The molecular weight excluding hydrogens is 925 g/mol. The first-order valence-electron chi connectivity index (χ1n) is 33.1. The van der Waals surface area contributed by atoms with Crippen molar-refractivity contribution in [2.24, 2.45) is 0 Å². The molecule has 1 atom stereocenters. The van der Waals surface area contributed by atoms with Gasteiger partial charge >= 0.3 is 17.9 Å². The molecule has 0 rings (SSSR count). The van der Waals surface area contributed by atoms with Crippen molar-refractivity contribution in [1.29, 1.82) is 0 Å². The van der Waals surface area contributed by atoms with E-state index in [0.717, 1.165) is 83.5 Å². The molecule has 6 heteroatoms. The molecule has 0 fully saturated rings. The zero-order valence-electron chi connectivity index (χ0n) is 50.3. The van der Waals surface area contributed by atoms with Crippen LogP contribution in [-0.2, 0) is 28.6 Å². The van der Waals surface area contributed by atoms with Gasteiger partial charge in [-0.15, -0.1) is 0 Å². The molecule has 438 valence electrons. The lowest BCUT2D eigenvalue weighted by molar-refractivity contribution is -0.167. The molecule has 0 aromatic heterocycles. The fraction of sp³-hybridized carbons (Fsp3) is 0.841. The van der Waals surface area contributed by atoms with Gasteiger partial charge in [0.05, 0.1) is 0 Å². The van der Waals surface area contributed by atoms with E-state index in [2.05, 4.69) is 69.4 Å². The molecular formula is C69H126O6. The normalized spacial score (nSPS) is 12.3. The van der Waals surface area contributed by atoms with E-state index in [4.69, 9.17) is 14.2 Å². The van der Waals surface area contributed by atoms with E-state index in [9.17, 15) is 14.4 Å². The predicted molar refractivity (Wildman–Crippen MR) is 325 cm³/mol. The maximum Gasteiger partial charge on any atom is 0.306 e. The number of rotatable bonds is 61. The van der Waals surface area contributed by atoms with Gasteiger partial charge in [0.25, 0.3) is 0 Å². The molecule has 0 saturated heterocycles. The van der Waals surface area contributed by atoms with Gasteiger partial charge in [-0.3, -0.25) is 14.4 Å². The van der Waals surface area contributed by atoms with E-state index in [-0.39, 0.29) is 31.1 Å². The second-order valence-electron chi connectivity index (χ2n) is 22.4. The van der Waals surface area contributed by atoms with Gasteiger partial charge in [0.2, 0.25) is 0 Å². The molecule has 0 aliphatic rings. The first kappa shape index (κ1) is 72.4. The standard InChI is InChI=1S/C69H126O6/c1-4-7-10-13-16-19-22-25-27-29-31-33-34-36-37-39-41-44-47-50-53-56-59-62-68(71)74-65-66(64-73-67(70)61-58-55-52-49-46-43-24-21-18-15-12-9-6-3)75-69(72)63-60-57-54-51-48-45-42-40-38-35-32-30-28-26-23-20-17-14-11-8-5-2/h21-22,24-25,29,31,34,36,66H,4-20,23,26-28,30,32-33,35,37-65H2,1-3H3/b24-21-,25-22-,31-29-,36-34-. The third kappa shape index (κ3) is 62.1.